The third kappa shape index (κ3) is 3.24. The van der Waals surface area contributed by atoms with Gasteiger partial charge in [0.2, 0.25) is 0 Å². The van der Waals surface area contributed by atoms with Crippen LogP contribution in [0.5, 0.6) is 0 Å². The predicted molar refractivity (Wildman–Crippen MR) is 96.6 cm³/mol. The summed E-state index contributed by atoms with van der Waals surface area (Å²) in [7, 11) is 0. The van der Waals surface area contributed by atoms with Gasteiger partial charge in [-0.3, -0.25) is 9.69 Å². The molecule has 0 spiro atoms. The predicted octanol–water partition coefficient (Wildman–Crippen LogP) is 1.72. The first-order valence-corrected chi connectivity index (χ1v) is 9.25. The number of carbonyl (C=O) groups excluding carboxylic acids is 1. The van der Waals surface area contributed by atoms with Crippen LogP contribution in [0.4, 0.5) is 0 Å². The molecule has 138 valence electrons. The van der Waals surface area contributed by atoms with E-state index in [9.17, 15) is 4.79 Å². The molecular weight excluding hydrogens is 330 g/mol. The zero-order valence-electron chi connectivity index (χ0n) is 15.3. The minimum atomic E-state index is -0.0528. The number of rotatable bonds is 3. The molecule has 1 aromatic carbocycles. The molecule has 1 atom stereocenters. The van der Waals surface area contributed by atoms with Crippen LogP contribution in [0.1, 0.15) is 41.7 Å². The van der Waals surface area contributed by atoms with Gasteiger partial charge in [0.05, 0.1) is 18.8 Å². The Morgan fingerprint density at radius 1 is 1.15 bits per heavy atom. The molecule has 7 heteroatoms. The topological polar surface area (TPSA) is 63.5 Å². The Bertz CT molecular complexity index is 765. The number of benzene rings is 1. The van der Waals surface area contributed by atoms with Crippen molar-refractivity contribution in [1.29, 1.82) is 0 Å². The van der Waals surface area contributed by atoms with Crippen LogP contribution in [0.3, 0.4) is 0 Å². The molecular formula is C19H25N5O2. The van der Waals surface area contributed by atoms with Crippen LogP contribution >= 0.6 is 0 Å². The van der Waals surface area contributed by atoms with Gasteiger partial charge in [-0.05, 0) is 19.4 Å². The Kier molecular flexibility index (Phi) is 4.74. The number of aromatic nitrogens is 3. The van der Waals surface area contributed by atoms with Gasteiger partial charge in [-0.2, -0.15) is 0 Å². The maximum Gasteiger partial charge on any atom is 0.276 e. The minimum absolute atomic E-state index is 0.0311. The third-order valence-corrected chi connectivity index (χ3v) is 5.30. The summed E-state index contributed by atoms with van der Waals surface area (Å²) in [5.74, 6) is -0.0311. The average Bonchev–Trinajstić information content (AvgIpc) is 3.11. The molecule has 2 aromatic rings. The van der Waals surface area contributed by atoms with Crippen LogP contribution in [0.25, 0.3) is 0 Å². The van der Waals surface area contributed by atoms with Crippen molar-refractivity contribution in [3.63, 3.8) is 0 Å². The van der Waals surface area contributed by atoms with Crippen molar-refractivity contribution in [2.24, 2.45) is 0 Å². The van der Waals surface area contributed by atoms with E-state index in [0.29, 0.717) is 24.9 Å². The summed E-state index contributed by atoms with van der Waals surface area (Å²) in [6.07, 6.45) is -0.0528. The second-order valence-electron chi connectivity index (χ2n) is 7.20. The first kappa shape index (κ1) is 17.2. The Balaban J connectivity index is 1.46. The standard InChI is InChI=1S/C19H25N5O2/c1-14(2)22-8-10-23(11-9-22)19(25)18-16-13-26-17(12-24(16)21-20-18)15-6-4-3-5-7-15/h3-7,14,17H,8-13H2,1-2H3/t17-/m1/s1. The lowest BCUT2D eigenvalue weighted by molar-refractivity contribution is -0.00206. The molecule has 1 aromatic heterocycles. The molecule has 0 saturated carbocycles. The van der Waals surface area contributed by atoms with Gasteiger partial charge >= 0.3 is 0 Å². The summed E-state index contributed by atoms with van der Waals surface area (Å²) >= 11 is 0. The fourth-order valence-corrected chi connectivity index (χ4v) is 3.64. The van der Waals surface area contributed by atoms with Crippen LogP contribution in [0.15, 0.2) is 30.3 Å². The molecule has 0 N–H and O–H groups in total. The zero-order chi connectivity index (χ0) is 18.1. The molecule has 7 nitrogen and oxygen atoms in total. The van der Waals surface area contributed by atoms with E-state index in [-0.39, 0.29) is 12.0 Å². The second-order valence-corrected chi connectivity index (χ2v) is 7.20. The summed E-state index contributed by atoms with van der Waals surface area (Å²) in [5, 5.41) is 8.40. The highest BCUT2D eigenvalue weighted by Crippen LogP contribution is 2.27. The van der Waals surface area contributed by atoms with E-state index in [1.54, 1.807) is 0 Å². The first-order valence-electron chi connectivity index (χ1n) is 9.25. The number of piperazine rings is 1. The van der Waals surface area contributed by atoms with Gasteiger partial charge in [-0.15, -0.1) is 5.10 Å². The number of hydrogen-bond acceptors (Lipinski definition) is 5. The van der Waals surface area contributed by atoms with Crippen LogP contribution in [-0.4, -0.2) is 62.9 Å². The maximum absolute atomic E-state index is 12.9. The summed E-state index contributed by atoms with van der Waals surface area (Å²) < 4.78 is 7.81. The summed E-state index contributed by atoms with van der Waals surface area (Å²) in [6, 6.07) is 10.6. The molecule has 4 rings (SSSR count). The quantitative estimate of drug-likeness (QED) is 0.839. The molecule has 0 radical (unpaired) electrons. The summed E-state index contributed by atoms with van der Waals surface area (Å²) in [5.41, 5.74) is 2.34. The molecule has 1 amide bonds. The van der Waals surface area contributed by atoms with Crippen LogP contribution in [-0.2, 0) is 17.9 Å². The van der Waals surface area contributed by atoms with E-state index in [4.69, 9.17) is 4.74 Å². The minimum Gasteiger partial charge on any atom is -0.365 e. The van der Waals surface area contributed by atoms with Gasteiger partial charge in [0.15, 0.2) is 5.69 Å². The van der Waals surface area contributed by atoms with Crippen molar-refractivity contribution in [2.45, 2.75) is 39.1 Å². The number of fused-ring (bicyclic) bond motifs is 1. The number of hydrogen-bond donors (Lipinski definition) is 0. The average molecular weight is 355 g/mol. The Morgan fingerprint density at radius 3 is 2.58 bits per heavy atom. The molecule has 2 aliphatic rings. The van der Waals surface area contributed by atoms with Gasteiger partial charge < -0.3 is 9.64 Å². The van der Waals surface area contributed by atoms with Crippen molar-refractivity contribution in [2.75, 3.05) is 26.2 Å². The van der Waals surface area contributed by atoms with E-state index in [0.717, 1.165) is 37.4 Å². The Hall–Kier alpha value is -2.25. The number of carbonyl (C=O) groups is 1. The molecule has 0 unspecified atom stereocenters. The number of nitrogens with zero attached hydrogens (tertiary/aromatic N) is 5. The molecule has 0 aliphatic carbocycles. The highest BCUT2D eigenvalue weighted by Gasteiger charge is 2.31. The lowest BCUT2D eigenvalue weighted by atomic mass is 10.1. The van der Waals surface area contributed by atoms with Gasteiger partial charge in [-0.25, -0.2) is 4.68 Å². The van der Waals surface area contributed by atoms with E-state index in [1.807, 2.05) is 39.9 Å². The molecule has 1 saturated heterocycles. The van der Waals surface area contributed by atoms with Gasteiger partial charge in [0.25, 0.3) is 5.91 Å². The number of ether oxygens (including phenoxy) is 1. The highest BCUT2D eigenvalue weighted by molar-refractivity contribution is 5.93. The van der Waals surface area contributed by atoms with E-state index in [2.05, 4.69) is 29.1 Å². The lowest BCUT2D eigenvalue weighted by Crippen LogP contribution is -2.51. The van der Waals surface area contributed by atoms with E-state index >= 15 is 0 Å². The second kappa shape index (κ2) is 7.17. The van der Waals surface area contributed by atoms with Crippen molar-refractivity contribution in [1.82, 2.24) is 24.8 Å². The summed E-state index contributed by atoms with van der Waals surface area (Å²) in [4.78, 5) is 17.2. The third-order valence-electron chi connectivity index (χ3n) is 5.30. The first-order chi connectivity index (χ1) is 12.6. The molecule has 0 bridgehead atoms. The Labute approximate surface area is 153 Å². The SMILES string of the molecule is CC(C)N1CCN(C(=O)c2nnn3c2CO[C@@H](c2ccccc2)C3)CC1. The molecule has 3 heterocycles. The van der Waals surface area contributed by atoms with Crippen LogP contribution in [0.2, 0.25) is 0 Å². The van der Waals surface area contributed by atoms with Crippen molar-refractivity contribution in [3.8, 4) is 0 Å². The van der Waals surface area contributed by atoms with Crippen molar-refractivity contribution < 1.29 is 9.53 Å². The summed E-state index contributed by atoms with van der Waals surface area (Å²) in [6.45, 7) is 8.59. The largest absolute Gasteiger partial charge is 0.365 e. The molecule has 26 heavy (non-hydrogen) atoms. The van der Waals surface area contributed by atoms with Crippen LogP contribution < -0.4 is 0 Å². The van der Waals surface area contributed by atoms with Crippen LogP contribution in [0, 0.1) is 0 Å². The lowest BCUT2D eigenvalue weighted by Gasteiger charge is -2.36. The van der Waals surface area contributed by atoms with Gasteiger partial charge in [0, 0.05) is 32.2 Å². The normalized spacial score (nSPS) is 21.0. The van der Waals surface area contributed by atoms with E-state index in [1.165, 1.54) is 0 Å². The van der Waals surface area contributed by atoms with Gasteiger partial charge in [-0.1, -0.05) is 35.5 Å². The molecule has 1 fully saturated rings. The smallest absolute Gasteiger partial charge is 0.276 e. The Morgan fingerprint density at radius 2 is 1.88 bits per heavy atom. The monoisotopic (exact) mass is 355 g/mol. The number of amides is 1. The van der Waals surface area contributed by atoms with Gasteiger partial charge in [0.1, 0.15) is 6.10 Å². The molecule has 2 aliphatic heterocycles. The highest BCUT2D eigenvalue weighted by atomic mass is 16.5. The van der Waals surface area contributed by atoms with Crippen molar-refractivity contribution >= 4 is 5.91 Å². The van der Waals surface area contributed by atoms with Crippen molar-refractivity contribution in [3.05, 3.63) is 47.3 Å². The van der Waals surface area contributed by atoms with E-state index < -0.39 is 0 Å². The fourth-order valence-electron chi connectivity index (χ4n) is 3.64. The fraction of sp³-hybridized carbons (Fsp3) is 0.526. The zero-order valence-corrected chi connectivity index (χ0v) is 15.3. The maximum atomic E-state index is 12.9.